The fourth-order valence-electron chi connectivity index (χ4n) is 1.72. The number of ether oxygens (including phenoxy) is 1. The largest absolute Gasteiger partial charge is 0.488 e. The van der Waals surface area contributed by atoms with Crippen LogP contribution in [0, 0.1) is 0 Å². The second kappa shape index (κ2) is 7.03. The van der Waals surface area contributed by atoms with E-state index < -0.39 is 0 Å². The molecule has 0 unspecified atom stereocenters. The summed E-state index contributed by atoms with van der Waals surface area (Å²) in [6.07, 6.45) is 1.73. The van der Waals surface area contributed by atoms with E-state index in [9.17, 15) is 0 Å². The fourth-order valence-corrected chi connectivity index (χ4v) is 2.02. The molecule has 0 amide bonds. The van der Waals surface area contributed by atoms with Crippen molar-refractivity contribution in [1.29, 1.82) is 0 Å². The highest BCUT2D eigenvalue weighted by Gasteiger charge is 2.10. The van der Waals surface area contributed by atoms with E-state index in [-0.39, 0.29) is 5.60 Å². The number of hydrazone groups is 1. The topological polar surface area (TPSA) is 33.6 Å². The predicted molar refractivity (Wildman–Crippen MR) is 94.5 cm³/mol. The fraction of sp³-hybridized carbons (Fsp3) is 0.235. The summed E-state index contributed by atoms with van der Waals surface area (Å²) in [5.74, 6) is 0.835. The highest BCUT2D eigenvalue weighted by Crippen LogP contribution is 2.25. The lowest BCUT2D eigenvalue weighted by atomic mass is 10.2. The molecule has 0 aromatic heterocycles. The van der Waals surface area contributed by atoms with Crippen LogP contribution in [0.15, 0.2) is 47.6 Å². The van der Waals surface area contributed by atoms with Gasteiger partial charge in [0.2, 0.25) is 0 Å². The molecule has 0 saturated carbocycles. The Balaban J connectivity index is 1.97. The molecule has 2 aromatic rings. The van der Waals surface area contributed by atoms with Crippen molar-refractivity contribution in [3.63, 3.8) is 0 Å². The van der Waals surface area contributed by atoms with Crippen LogP contribution < -0.4 is 10.2 Å². The van der Waals surface area contributed by atoms with Crippen LogP contribution in [0.3, 0.4) is 0 Å². The van der Waals surface area contributed by atoms with Crippen LogP contribution in [0.25, 0.3) is 0 Å². The summed E-state index contributed by atoms with van der Waals surface area (Å²) in [4.78, 5) is 0. The number of anilines is 1. The summed E-state index contributed by atoms with van der Waals surface area (Å²) in [5, 5.41) is 5.18. The molecule has 3 nitrogen and oxygen atoms in total. The van der Waals surface area contributed by atoms with E-state index in [0.717, 1.165) is 17.0 Å². The molecule has 0 bridgehead atoms. The van der Waals surface area contributed by atoms with Crippen molar-refractivity contribution < 1.29 is 4.74 Å². The number of nitrogens with one attached hydrogen (secondary N) is 1. The van der Waals surface area contributed by atoms with Crippen molar-refractivity contribution >= 4 is 35.1 Å². The average molecular weight is 337 g/mol. The number of halogens is 2. The maximum Gasteiger partial charge on any atom is 0.120 e. The van der Waals surface area contributed by atoms with Crippen LogP contribution in [0.4, 0.5) is 5.69 Å². The Morgan fingerprint density at radius 1 is 1.00 bits per heavy atom. The number of nitrogens with zero attached hydrogens (tertiary/aromatic N) is 1. The van der Waals surface area contributed by atoms with E-state index in [2.05, 4.69) is 10.5 Å². The molecule has 0 heterocycles. The Morgan fingerprint density at radius 2 is 1.68 bits per heavy atom. The number of hydrogen-bond acceptors (Lipinski definition) is 3. The first-order valence-corrected chi connectivity index (χ1v) is 7.62. The van der Waals surface area contributed by atoms with Gasteiger partial charge in [0.25, 0.3) is 0 Å². The Hall–Kier alpha value is -1.71. The molecule has 5 heteroatoms. The molecular weight excluding hydrogens is 319 g/mol. The van der Waals surface area contributed by atoms with Gasteiger partial charge in [-0.25, -0.2) is 0 Å². The second-order valence-corrected chi connectivity index (χ2v) is 6.60. The molecule has 2 aromatic carbocycles. The van der Waals surface area contributed by atoms with Gasteiger partial charge in [0.15, 0.2) is 0 Å². The maximum atomic E-state index is 5.94. The minimum absolute atomic E-state index is 0.203. The van der Waals surface area contributed by atoms with Gasteiger partial charge in [-0.2, -0.15) is 5.10 Å². The second-order valence-electron chi connectivity index (χ2n) is 5.78. The van der Waals surface area contributed by atoms with Crippen molar-refractivity contribution in [3.8, 4) is 5.75 Å². The van der Waals surface area contributed by atoms with Gasteiger partial charge in [0.05, 0.1) is 21.9 Å². The van der Waals surface area contributed by atoms with E-state index in [4.69, 9.17) is 27.9 Å². The zero-order chi connectivity index (χ0) is 16.2. The van der Waals surface area contributed by atoms with Gasteiger partial charge in [0.1, 0.15) is 11.4 Å². The molecule has 0 spiro atoms. The van der Waals surface area contributed by atoms with Crippen LogP contribution in [0.5, 0.6) is 5.75 Å². The SMILES string of the molecule is CC(C)(C)Oc1ccc(C=NNc2ccc(Cl)c(Cl)c2)cc1. The molecule has 0 radical (unpaired) electrons. The van der Waals surface area contributed by atoms with Crippen LogP contribution in [-0.2, 0) is 0 Å². The van der Waals surface area contributed by atoms with Gasteiger partial charge in [-0.3, -0.25) is 5.43 Å². The predicted octanol–water partition coefficient (Wildman–Crippen LogP) is 5.62. The Bertz CT molecular complexity index is 661. The monoisotopic (exact) mass is 336 g/mol. The molecule has 0 saturated heterocycles. The minimum atomic E-state index is -0.203. The summed E-state index contributed by atoms with van der Waals surface area (Å²) in [5.41, 5.74) is 4.45. The quantitative estimate of drug-likeness (QED) is 0.580. The highest BCUT2D eigenvalue weighted by molar-refractivity contribution is 6.42. The molecule has 0 aliphatic rings. The summed E-state index contributed by atoms with van der Waals surface area (Å²) < 4.78 is 5.77. The lowest BCUT2D eigenvalue weighted by molar-refractivity contribution is 0.131. The van der Waals surface area contributed by atoms with Gasteiger partial charge in [0, 0.05) is 0 Å². The van der Waals surface area contributed by atoms with Gasteiger partial charge >= 0.3 is 0 Å². The molecule has 0 aliphatic heterocycles. The summed E-state index contributed by atoms with van der Waals surface area (Å²) >= 11 is 11.8. The van der Waals surface area contributed by atoms with Crippen molar-refractivity contribution in [2.24, 2.45) is 5.10 Å². The average Bonchev–Trinajstić information content (AvgIpc) is 2.43. The summed E-state index contributed by atoms with van der Waals surface area (Å²) in [6.45, 7) is 6.05. The molecule has 22 heavy (non-hydrogen) atoms. The third-order valence-corrected chi connectivity index (χ3v) is 3.37. The van der Waals surface area contributed by atoms with Gasteiger partial charge in [-0.15, -0.1) is 0 Å². The first-order chi connectivity index (χ1) is 10.3. The lowest BCUT2D eigenvalue weighted by Crippen LogP contribution is -2.22. The first kappa shape index (κ1) is 16.7. The van der Waals surface area contributed by atoms with Crippen molar-refractivity contribution in [2.75, 3.05) is 5.43 Å². The normalized spacial score (nSPS) is 11.7. The van der Waals surface area contributed by atoms with E-state index in [1.165, 1.54) is 0 Å². The molecule has 2 rings (SSSR count). The first-order valence-electron chi connectivity index (χ1n) is 6.87. The van der Waals surface area contributed by atoms with Gasteiger partial charge in [-0.05, 0) is 68.8 Å². The number of hydrogen-bond donors (Lipinski definition) is 1. The Morgan fingerprint density at radius 3 is 2.27 bits per heavy atom. The van der Waals surface area contributed by atoms with Gasteiger partial charge < -0.3 is 4.74 Å². The van der Waals surface area contributed by atoms with Crippen LogP contribution in [0.2, 0.25) is 10.0 Å². The molecule has 0 aliphatic carbocycles. The van der Waals surface area contributed by atoms with Crippen molar-refractivity contribution in [2.45, 2.75) is 26.4 Å². The maximum absolute atomic E-state index is 5.94. The van der Waals surface area contributed by atoms with Crippen molar-refractivity contribution in [1.82, 2.24) is 0 Å². The van der Waals surface area contributed by atoms with E-state index in [0.29, 0.717) is 10.0 Å². The summed E-state index contributed by atoms with van der Waals surface area (Å²) in [7, 11) is 0. The Labute approximate surface area is 140 Å². The van der Waals surface area contributed by atoms with Gasteiger partial charge in [-0.1, -0.05) is 23.2 Å². The van der Waals surface area contributed by atoms with Crippen LogP contribution in [-0.4, -0.2) is 11.8 Å². The highest BCUT2D eigenvalue weighted by atomic mass is 35.5. The number of rotatable bonds is 4. The smallest absolute Gasteiger partial charge is 0.120 e. The third kappa shape index (κ3) is 5.24. The number of benzene rings is 2. The van der Waals surface area contributed by atoms with Crippen LogP contribution >= 0.6 is 23.2 Å². The zero-order valence-electron chi connectivity index (χ0n) is 12.7. The van der Waals surface area contributed by atoms with E-state index >= 15 is 0 Å². The van der Waals surface area contributed by atoms with Crippen LogP contribution in [0.1, 0.15) is 26.3 Å². The molecule has 116 valence electrons. The molecular formula is C17H18Cl2N2O. The standard InChI is InChI=1S/C17H18Cl2N2O/c1-17(2,3)22-14-7-4-12(5-8-14)11-20-21-13-6-9-15(18)16(19)10-13/h4-11,21H,1-3H3. The molecule has 0 atom stereocenters. The third-order valence-electron chi connectivity index (χ3n) is 2.63. The molecule has 0 fully saturated rings. The van der Waals surface area contributed by atoms with Crippen molar-refractivity contribution in [3.05, 3.63) is 58.1 Å². The zero-order valence-corrected chi connectivity index (χ0v) is 14.2. The summed E-state index contributed by atoms with van der Waals surface area (Å²) in [6, 6.07) is 13.0. The van der Waals surface area contributed by atoms with E-state index in [1.54, 1.807) is 18.3 Å². The van der Waals surface area contributed by atoms with E-state index in [1.807, 2.05) is 51.1 Å². The molecule has 1 N–H and O–H groups in total. The lowest BCUT2D eigenvalue weighted by Gasteiger charge is -2.21. The minimum Gasteiger partial charge on any atom is -0.488 e. The Kier molecular flexibility index (Phi) is 5.33.